The zero-order valence-corrected chi connectivity index (χ0v) is 8.79. The van der Waals surface area contributed by atoms with Crippen LogP contribution in [0, 0.1) is 0 Å². The highest BCUT2D eigenvalue weighted by atomic mass is 16.6. The molecule has 0 aromatic carbocycles. The molecule has 1 unspecified atom stereocenters. The maximum atomic E-state index is 11.0. The molecule has 0 saturated carbocycles. The molecule has 0 rings (SSSR count). The Morgan fingerprint density at radius 2 is 2.00 bits per heavy atom. The Hall–Kier alpha value is -0.610. The van der Waals surface area contributed by atoms with Crippen LogP contribution in [0.2, 0.25) is 0 Å². The highest BCUT2D eigenvalue weighted by molar-refractivity contribution is 5.70. The van der Waals surface area contributed by atoms with Crippen molar-refractivity contribution in [2.75, 3.05) is 20.2 Å². The van der Waals surface area contributed by atoms with Gasteiger partial charge in [0, 0.05) is 6.54 Å². The fourth-order valence-corrected chi connectivity index (χ4v) is 0.854. The van der Waals surface area contributed by atoms with E-state index in [0.717, 1.165) is 6.54 Å². The number of carbonyl (C=O) groups excluding carboxylic acids is 1. The molecule has 0 aliphatic rings. The lowest BCUT2D eigenvalue weighted by Crippen LogP contribution is -2.27. The summed E-state index contributed by atoms with van der Waals surface area (Å²) in [6.07, 6.45) is -0.0413. The Bertz CT molecular complexity index is 148. The zero-order chi connectivity index (χ0) is 10.3. The molecule has 0 heterocycles. The highest BCUT2D eigenvalue weighted by Gasteiger charge is 2.08. The number of likely N-dealkylation sites (N-methyl/N-ethyl adjacent to an activating group) is 1. The van der Waals surface area contributed by atoms with Gasteiger partial charge >= 0.3 is 5.97 Å². The molecule has 1 N–H and O–H groups in total. The second-order valence-electron chi connectivity index (χ2n) is 3.22. The van der Waals surface area contributed by atoms with Crippen LogP contribution in [-0.4, -0.2) is 38.4 Å². The number of nitrogens with one attached hydrogen (secondary N) is 1. The first-order chi connectivity index (χ1) is 6.06. The SMILES string of the molecule is CNCC(C)OCC(=O)OC(C)C. The third-order valence-electron chi connectivity index (χ3n) is 1.34. The van der Waals surface area contributed by atoms with Crippen LogP contribution in [-0.2, 0) is 14.3 Å². The van der Waals surface area contributed by atoms with Gasteiger partial charge in [-0.3, -0.25) is 0 Å². The van der Waals surface area contributed by atoms with Crippen molar-refractivity contribution < 1.29 is 14.3 Å². The van der Waals surface area contributed by atoms with E-state index < -0.39 is 0 Å². The van der Waals surface area contributed by atoms with Crippen LogP contribution in [0.15, 0.2) is 0 Å². The molecule has 4 nitrogen and oxygen atoms in total. The predicted molar refractivity (Wildman–Crippen MR) is 50.6 cm³/mol. The lowest BCUT2D eigenvalue weighted by molar-refractivity contribution is -0.154. The molecule has 0 fully saturated rings. The summed E-state index contributed by atoms with van der Waals surface area (Å²) in [4.78, 5) is 11.0. The summed E-state index contributed by atoms with van der Waals surface area (Å²) in [6.45, 7) is 6.29. The van der Waals surface area contributed by atoms with E-state index in [1.165, 1.54) is 0 Å². The Labute approximate surface area is 79.6 Å². The van der Waals surface area contributed by atoms with E-state index in [1.807, 2.05) is 27.8 Å². The lowest BCUT2D eigenvalue weighted by Gasteiger charge is -2.12. The molecule has 4 heteroatoms. The van der Waals surface area contributed by atoms with Crippen LogP contribution in [0.4, 0.5) is 0 Å². The van der Waals surface area contributed by atoms with Crippen LogP contribution in [0.25, 0.3) is 0 Å². The first-order valence-corrected chi connectivity index (χ1v) is 4.52. The van der Waals surface area contributed by atoms with Gasteiger partial charge in [0.05, 0.1) is 12.2 Å². The number of hydrogen-bond donors (Lipinski definition) is 1. The first kappa shape index (κ1) is 12.4. The lowest BCUT2D eigenvalue weighted by atomic mass is 10.4. The molecular formula is C9H19NO3. The van der Waals surface area contributed by atoms with Crippen LogP contribution >= 0.6 is 0 Å². The van der Waals surface area contributed by atoms with Crippen molar-refractivity contribution in [3.8, 4) is 0 Å². The van der Waals surface area contributed by atoms with Crippen molar-refractivity contribution in [2.45, 2.75) is 33.0 Å². The topological polar surface area (TPSA) is 47.6 Å². The van der Waals surface area contributed by atoms with Gasteiger partial charge in [0.1, 0.15) is 6.61 Å². The molecule has 0 radical (unpaired) electrons. The zero-order valence-electron chi connectivity index (χ0n) is 8.79. The van der Waals surface area contributed by atoms with Gasteiger partial charge in [-0.2, -0.15) is 0 Å². The van der Waals surface area contributed by atoms with Crippen molar-refractivity contribution >= 4 is 5.97 Å². The second kappa shape index (κ2) is 6.86. The molecule has 0 aromatic rings. The van der Waals surface area contributed by atoms with Crippen molar-refractivity contribution in [2.24, 2.45) is 0 Å². The molecule has 13 heavy (non-hydrogen) atoms. The Balaban J connectivity index is 3.46. The minimum absolute atomic E-state index is 0.0288. The van der Waals surface area contributed by atoms with E-state index in [4.69, 9.17) is 9.47 Å². The van der Waals surface area contributed by atoms with Crippen molar-refractivity contribution in [3.05, 3.63) is 0 Å². The summed E-state index contributed by atoms with van der Waals surface area (Å²) in [6, 6.07) is 0. The number of esters is 1. The fraction of sp³-hybridized carbons (Fsp3) is 0.889. The average molecular weight is 189 g/mol. The second-order valence-corrected chi connectivity index (χ2v) is 3.22. The number of ether oxygens (including phenoxy) is 2. The van der Waals surface area contributed by atoms with Crippen molar-refractivity contribution in [1.82, 2.24) is 5.32 Å². The van der Waals surface area contributed by atoms with E-state index >= 15 is 0 Å². The summed E-state index contributed by atoms with van der Waals surface area (Å²) in [5, 5.41) is 2.95. The van der Waals surface area contributed by atoms with Gasteiger partial charge in [-0.05, 0) is 27.8 Å². The molecule has 78 valence electrons. The molecule has 0 amide bonds. The summed E-state index contributed by atoms with van der Waals surface area (Å²) >= 11 is 0. The number of hydrogen-bond acceptors (Lipinski definition) is 4. The monoisotopic (exact) mass is 189 g/mol. The standard InChI is InChI=1S/C9H19NO3/c1-7(2)13-9(11)6-12-8(3)5-10-4/h7-8,10H,5-6H2,1-4H3. The molecule has 0 saturated heterocycles. The van der Waals surface area contributed by atoms with Gasteiger partial charge in [0.2, 0.25) is 0 Å². The predicted octanol–water partition coefficient (Wildman–Crippen LogP) is 0.562. The van der Waals surface area contributed by atoms with Crippen LogP contribution in [0.3, 0.4) is 0 Å². The molecule has 0 aromatic heterocycles. The number of carbonyl (C=O) groups is 1. The minimum Gasteiger partial charge on any atom is -0.461 e. The summed E-state index contributed by atoms with van der Waals surface area (Å²) in [5.41, 5.74) is 0. The smallest absolute Gasteiger partial charge is 0.332 e. The molecule has 0 spiro atoms. The molecule has 1 atom stereocenters. The maximum absolute atomic E-state index is 11.0. The van der Waals surface area contributed by atoms with Gasteiger partial charge < -0.3 is 14.8 Å². The Morgan fingerprint density at radius 3 is 2.46 bits per heavy atom. The first-order valence-electron chi connectivity index (χ1n) is 4.52. The van der Waals surface area contributed by atoms with Crippen LogP contribution in [0.5, 0.6) is 0 Å². The average Bonchev–Trinajstić information content (AvgIpc) is 2.00. The normalized spacial score (nSPS) is 13.0. The molecular weight excluding hydrogens is 170 g/mol. The largest absolute Gasteiger partial charge is 0.461 e. The maximum Gasteiger partial charge on any atom is 0.332 e. The Morgan fingerprint density at radius 1 is 1.38 bits per heavy atom. The minimum atomic E-state index is -0.307. The van der Waals surface area contributed by atoms with E-state index in [1.54, 1.807) is 0 Å². The van der Waals surface area contributed by atoms with Gasteiger partial charge in [-0.25, -0.2) is 4.79 Å². The highest BCUT2D eigenvalue weighted by Crippen LogP contribution is 1.93. The third kappa shape index (κ3) is 7.74. The van der Waals surface area contributed by atoms with Gasteiger partial charge in [0.15, 0.2) is 0 Å². The van der Waals surface area contributed by atoms with Gasteiger partial charge in [0.25, 0.3) is 0 Å². The van der Waals surface area contributed by atoms with Gasteiger partial charge in [-0.15, -0.1) is 0 Å². The van der Waals surface area contributed by atoms with E-state index in [0.29, 0.717) is 0 Å². The van der Waals surface area contributed by atoms with Crippen molar-refractivity contribution in [3.63, 3.8) is 0 Å². The number of rotatable bonds is 6. The molecule has 0 bridgehead atoms. The molecule has 0 aliphatic heterocycles. The quantitative estimate of drug-likeness (QED) is 0.620. The summed E-state index contributed by atoms with van der Waals surface area (Å²) in [5.74, 6) is -0.307. The van der Waals surface area contributed by atoms with Gasteiger partial charge in [-0.1, -0.05) is 0 Å². The van der Waals surface area contributed by atoms with Crippen molar-refractivity contribution in [1.29, 1.82) is 0 Å². The molecule has 0 aliphatic carbocycles. The summed E-state index contributed by atoms with van der Waals surface area (Å²) < 4.78 is 10.1. The third-order valence-corrected chi connectivity index (χ3v) is 1.34. The Kier molecular flexibility index (Phi) is 6.54. The fourth-order valence-electron chi connectivity index (χ4n) is 0.854. The van der Waals surface area contributed by atoms with Crippen LogP contribution < -0.4 is 5.32 Å². The van der Waals surface area contributed by atoms with E-state index in [2.05, 4.69) is 5.32 Å². The van der Waals surface area contributed by atoms with E-state index in [9.17, 15) is 4.79 Å². The van der Waals surface area contributed by atoms with Crippen LogP contribution in [0.1, 0.15) is 20.8 Å². The summed E-state index contributed by atoms with van der Waals surface area (Å²) in [7, 11) is 1.84. The van der Waals surface area contributed by atoms with E-state index in [-0.39, 0.29) is 24.8 Å².